The Morgan fingerprint density at radius 3 is 2.58 bits per heavy atom. The lowest BCUT2D eigenvalue weighted by molar-refractivity contribution is 0.887. The molecule has 0 saturated carbocycles. The lowest BCUT2D eigenvalue weighted by atomic mass is 10.2. The van der Waals surface area contributed by atoms with Gasteiger partial charge in [0.2, 0.25) is 0 Å². The van der Waals surface area contributed by atoms with Crippen LogP contribution >= 0.6 is 27.5 Å². The van der Waals surface area contributed by atoms with Crippen molar-refractivity contribution in [2.75, 3.05) is 24.3 Å². The molecule has 0 aliphatic rings. The van der Waals surface area contributed by atoms with Gasteiger partial charge in [0.1, 0.15) is 22.4 Å². The summed E-state index contributed by atoms with van der Waals surface area (Å²) in [5.41, 5.74) is 1.17. The van der Waals surface area contributed by atoms with Crippen LogP contribution in [0.4, 0.5) is 11.6 Å². The molecule has 4 nitrogen and oxygen atoms in total. The van der Waals surface area contributed by atoms with E-state index in [1.54, 1.807) is 6.33 Å². The third kappa shape index (κ3) is 3.36. The van der Waals surface area contributed by atoms with Crippen LogP contribution in [-0.4, -0.2) is 24.1 Å². The monoisotopic (exact) mass is 340 g/mol. The van der Waals surface area contributed by atoms with Crippen LogP contribution in [0.5, 0.6) is 0 Å². The Morgan fingerprint density at radius 1 is 1.26 bits per heavy atom. The number of hydrogen-bond acceptors (Lipinski definition) is 4. The molecule has 0 spiro atoms. The molecule has 0 amide bonds. The zero-order valence-corrected chi connectivity index (χ0v) is 13.0. The van der Waals surface area contributed by atoms with Gasteiger partial charge in [0.15, 0.2) is 0 Å². The maximum atomic E-state index is 5.88. The van der Waals surface area contributed by atoms with Crippen molar-refractivity contribution in [1.82, 2.24) is 9.97 Å². The molecule has 0 radical (unpaired) electrons. The van der Waals surface area contributed by atoms with Crippen LogP contribution in [0.2, 0.25) is 5.02 Å². The summed E-state index contributed by atoms with van der Waals surface area (Å²) < 4.78 is 0.856. The Bertz CT molecular complexity index is 559. The third-order valence-corrected chi connectivity index (χ3v) is 3.68. The molecule has 0 bridgehead atoms. The summed E-state index contributed by atoms with van der Waals surface area (Å²) in [6.07, 6.45) is 1.55. The minimum atomic E-state index is 0.743. The van der Waals surface area contributed by atoms with E-state index in [0.717, 1.165) is 27.7 Å². The number of aromatic nitrogens is 2. The van der Waals surface area contributed by atoms with Crippen LogP contribution in [0.3, 0.4) is 0 Å². The van der Waals surface area contributed by atoms with Gasteiger partial charge in [0.25, 0.3) is 0 Å². The van der Waals surface area contributed by atoms with E-state index >= 15 is 0 Å². The van der Waals surface area contributed by atoms with E-state index < -0.39 is 0 Å². The Labute approximate surface area is 126 Å². The SMILES string of the molecule is CNc1ncnc(N(C)Cc2ccc(Cl)cc2)c1Br. The highest BCUT2D eigenvalue weighted by Crippen LogP contribution is 2.29. The van der Waals surface area contributed by atoms with Crippen molar-refractivity contribution < 1.29 is 0 Å². The van der Waals surface area contributed by atoms with Gasteiger partial charge in [-0.3, -0.25) is 0 Å². The van der Waals surface area contributed by atoms with Crippen molar-refractivity contribution >= 4 is 39.2 Å². The van der Waals surface area contributed by atoms with Gasteiger partial charge in [-0.1, -0.05) is 23.7 Å². The normalized spacial score (nSPS) is 10.3. The lowest BCUT2D eigenvalue weighted by Gasteiger charge is -2.20. The fraction of sp³-hybridized carbons (Fsp3) is 0.231. The molecule has 1 aromatic carbocycles. The first-order chi connectivity index (χ1) is 9.11. The van der Waals surface area contributed by atoms with Crippen LogP contribution < -0.4 is 10.2 Å². The fourth-order valence-corrected chi connectivity index (χ4v) is 2.57. The zero-order valence-electron chi connectivity index (χ0n) is 10.7. The van der Waals surface area contributed by atoms with Gasteiger partial charge >= 0.3 is 0 Å². The molecule has 1 heterocycles. The number of nitrogens with zero attached hydrogens (tertiary/aromatic N) is 3. The average Bonchev–Trinajstić information content (AvgIpc) is 2.41. The van der Waals surface area contributed by atoms with E-state index in [9.17, 15) is 0 Å². The highest BCUT2D eigenvalue weighted by Gasteiger charge is 2.12. The number of anilines is 2. The second-order valence-corrected chi connectivity index (χ2v) is 5.32. The van der Waals surface area contributed by atoms with Crippen molar-refractivity contribution in [3.05, 3.63) is 45.7 Å². The minimum Gasteiger partial charge on any atom is -0.372 e. The second kappa shape index (κ2) is 6.21. The van der Waals surface area contributed by atoms with E-state index in [2.05, 4.69) is 36.1 Å². The van der Waals surface area contributed by atoms with Crippen molar-refractivity contribution in [2.24, 2.45) is 0 Å². The molecule has 2 aromatic rings. The van der Waals surface area contributed by atoms with E-state index in [4.69, 9.17) is 11.6 Å². The second-order valence-electron chi connectivity index (χ2n) is 4.09. The molecule has 0 fully saturated rings. The Balaban J connectivity index is 2.20. The van der Waals surface area contributed by atoms with E-state index in [0.29, 0.717) is 0 Å². The highest BCUT2D eigenvalue weighted by molar-refractivity contribution is 9.10. The van der Waals surface area contributed by atoms with E-state index in [-0.39, 0.29) is 0 Å². The van der Waals surface area contributed by atoms with Gasteiger partial charge in [-0.2, -0.15) is 0 Å². The maximum absolute atomic E-state index is 5.88. The molecule has 19 heavy (non-hydrogen) atoms. The Hall–Kier alpha value is -1.33. The first kappa shape index (κ1) is 14.1. The number of halogens is 2. The van der Waals surface area contributed by atoms with Gasteiger partial charge in [-0.25, -0.2) is 9.97 Å². The van der Waals surface area contributed by atoms with Crippen LogP contribution in [0.15, 0.2) is 35.1 Å². The van der Waals surface area contributed by atoms with E-state index in [1.807, 2.05) is 38.4 Å². The Kier molecular flexibility index (Phi) is 4.61. The molecule has 1 aromatic heterocycles. The van der Waals surface area contributed by atoms with E-state index in [1.165, 1.54) is 5.56 Å². The average molecular weight is 342 g/mol. The predicted molar refractivity (Wildman–Crippen MR) is 82.8 cm³/mol. The van der Waals surface area contributed by atoms with Gasteiger partial charge in [-0.15, -0.1) is 0 Å². The number of benzene rings is 1. The van der Waals surface area contributed by atoms with Crippen molar-refractivity contribution in [3.8, 4) is 0 Å². The number of rotatable bonds is 4. The summed E-state index contributed by atoms with van der Waals surface area (Å²) in [6.45, 7) is 0.746. The smallest absolute Gasteiger partial charge is 0.148 e. The van der Waals surface area contributed by atoms with Crippen LogP contribution in [0.1, 0.15) is 5.56 Å². The van der Waals surface area contributed by atoms with Crippen molar-refractivity contribution in [3.63, 3.8) is 0 Å². The number of hydrogen-bond donors (Lipinski definition) is 1. The minimum absolute atomic E-state index is 0.743. The molecule has 0 unspecified atom stereocenters. The summed E-state index contributed by atoms with van der Waals surface area (Å²) >= 11 is 9.40. The molecule has 1 N–H and O–H groups in total. The molecule has 0 atom stereocenters. The fourth-order valence-electron chi connectivity index (χ4n) is 1.74. The Morgan fingerprint density at radius 2 is 1.95 bits per heavy atom. The number of nitrogens with one attached hydrogen (secondary N) is 1. The third-order valence-electron chi connectivity index (χ3n) is 2.70. The summed E-state index contributed by atoms with van der Waals surface area (Å²) in [4.78, 5) is 10.5. The largest absolute Gasteiger partial charge is 0.372 e. The molecule has 6 heteroatoms. The van der Waals surface area contributed by atoms with Gasteiger partial charge < -0.3 is 10.2 Å². The predicted octanol–water partition coefficient (Wildman–Crippen LogP) is 3.57. The van der Waals surface area contributed by atoms with Crippen LogP contribution in [0, 0.1) is 0 Å². The summed E-state index contributed by atoms with van der Waals surface area (Å²) in [5.74, 6) is 1.61. The molecular weight excluding hydrogens is 328 g/mol. The molecule has 100 valence electrons. The van der Waals surface area contributed by atoms with Gasteiger partial charge in [0.05, 0.1) is 0 Å². The summed E-state index contributed by atoms with van der Waals surface area (Å²) in [7, 11) is 3.82. The van der Waals surface area contributed by atoms with Crippen LogP contribution in [-0.2, 0) is 6.54 Å². The lowest BCUT2D eigenvalue weighted by Crippen LogP contribution is -2.18. The van der Waals surface area contributed by atoms with Crippen molar-refractivity contribution in [2.45, 2.75) is 6.54 Å². The quantitative estimate of drug-likeness (QED) is 0.923. The first-order valence-corrected chi connectivity index (χ1v) is 6.92. The van der Waals surface area contributed by atoms with Crippen molar-refractivity contribution in [1.29, 1.82) is 0 Å². The molecule has 2 rings (SSSR count). The first-order valence-electron chi connectivity index (χ1n) is 5.75. The molecule has 0 saturated heterocycles. The molecule has 0 aliphatic heterocycles. The van der Waals surface area contributed by atoms with Gasteiger partial charge in [0, 0.05) is 25.7 Å². The topological polar surface area (TPSA) is 41.1 Å². The maximum Gasteiger partial charge on any atom is 0.148 e. The molecular formula is C13H14BrClN4. The molecule has 0 aliphatic carbocycles. The summed E-state index contributed by atoms with van der Waals surface area (Å²) in [5, 5.41) is 3.76. The standard InChI is InChI=1S/C13H14BrClN4/c1-16-12-11(14)13(18-8-17-12)19(2)7-9-3-5-10(15)6-4-9/h3-6,8H,7H2,1-2H3,(H,16,17,18). The summed E-state index contributed by atoms with van der Waals surface area (Å²) in [6, 6.07) is 7.79. The highest BCUT2D eigenvalue weighted by atomic mass is 79.9. The van der Waals surface area contributed by atoms with Crippen LogP contribution in [0.25, 0.3) is 0 Å². The van der Waals surface area contributed by atoms with Gasteiger partial charge in [-0.05, 0) is 33.6 Å². The zero-order chi connectivity index (χ0) is 13.8.